The van der Waals surface area contributed by atoms with Gasteiger partial charge in [0.25, 0.3) is 10.0 Å². The van der Waals surface area contributed by atoms with E-state index in [0.717, 1.165) is 0 Å². The van der Waals surface area contributed by atoms with Crippen LogP contribution >= 0.6 is 0 Å². The number of carbonyl (C=O) groups is 2. The zero-order valence-corrected chi connectivity index (χ0v) is 15.8. The molecule has 0 saturated carbocycles. The first kappa shape index (κ1) is 19.2. The summed E-state index contributed by atoms with van der Waals surface area (Å²) < 4.78 is 32.8. The van der Waals surface area contributed by atoms with Crippen molar-refractivity contribution in [3.8, 4) is 0 Å². The topological polar surface area (TPSA) is 125 Å². The lowest BCUT2D eigenvalue weighted by atomic mass is 9.82. The van der Waals surface area contributed by atoms with E-state index in [9.17, 15) is 23.1 Å². The van der Waals surface area contributed by atoms with E-state index in [4.69, 9.17) is 4.74 Å². The maximum absolute atomic E-state index is 12.6. The maximum atomic E-state index is 12.6. The van der Waals surface area contributed by atoms with Crippen molar-refractivity contribution in [2.24, 2.45) is 11.8 Å². The fourth-order valence-corrected chi connectivity index (χ4v) is 4.62. The molecular formula is C20H17N2O6S-. The number of carboxylic acids is 1. The van der Waals surface area contributed by atoms with Gasteiger partial charge >= 0.3 is 0 Å². The Morgan fingerprint density at radius 2 is 1.48 bits per heavy atom. The van der Waals surface area contributed by atoms with E-state index in [1.165, 1.54) is 24.3 Å². The molecule has 0 aliphatic carbocycles. The minimum Gasteiger partial charge on any atom is -0.550 e. The van der Waals surface area contributed by atoms with Gasteiger partial charge in [-0.15, -0.1) is 0 Å². The summed E-state index contributed by atoms with van der Waals surface area (Å²) in [5, 5.41) is 14.0. The van der Waals surface area contributed by atoms with Crippen LogP contribution in [0.15, 0.2) is 71.6 Å². The largest absolute Gasteiger partial charge is 0.550 e. The van der Waals surface area contributed by atoms with Crippen LogP contribution in [0.1, 0.15) is 0 Å². The molecule has 8 nitrogen and oxygen atoms in total. The van der Waals surface area contributed by atoms with Crippen molar-refractivity contribution in [1.82, 2.24) is 0 Å². The third-order valence-corrected chi connectivity index (χ3v) is 6.33. The highest BCUT2D eigenvalue weighted by Crippen LogP contribution is 2.39. The SMILES string of the molecule is O=C([O-])[C@@H]1[C@H](C(=O)Nc2ccc(S(=O)(=O)Nc3ccccc3)cc2)[C@H]2C=C[C@@H]1O2. The summed E-state index contributed by atoms with van der Waals surface area (Å²) in [6.07, 6.45) is 2.00. The second-order valence-electron chi connectivity index (χ2n) is 6.81. The molecular weight excluding hydrogens is 396 g/mol. The van der Waals surface area contributed by atoms with Crippen LogP contribution in [0, 0.1) is 11.8 Å². The van der Waals surface area contributed by atoms with E-state index in [1.807, 2.05) is 0 Å². The number of hydrogen-bond donors (Lipinski definition) is 2. The summed E-state index contributed by atoms with van der Waals surface area (Å²) in [6, 6.07) is 14.1. The number of rotatable bonds is 6. The number of para-hydroxylation sites is 1. The fraction of sp³-hybridized carbons (Fsp3) is 0.200. The number of anilines is 2. The molecule has 2 aliphatic rings. The fourth-order valence-electron chi connectivity index (χ4n) is 3.56. The second kappa shape index (κ2) is 7.34. The zero-order chi connectivity index (χ0) is 20.6. The molecule has 2 heterocycles. The second-order valence-corrected chi connectivity index (χ2v) is 8.49. The monoisotopic (exact) mass is 413 g/mol. The molecule has 29 heavy (non-hydrogen) atoms. The molecule has 150 valence electrons. The molecule has 0 radical (unpaired) electrons. The third kappa shape index (κ3) is 3.74. The average molecular weight is 413 g/mol. The van der Waals surface area contributed by atoms with E-state index in [0.29, 0.717) is 11.4 Å². The molecule has 2 aromatic carbocycles. The number of benzene rings is 2. The summed E-state index contributed by atoms with van der Waals surface area (Å²) in [4.78, 5) is 24.0. The highest BCUT2D eigenvalue weighted by Gasteiger charge is 2.50. The van der Waals surface area contributed by atoms with E-state index < -0.39 is 45.9 Å². The van der Waals surface area contributed by atoms with Crippen LogP contribution in [0.3, 0.4) is 0 Å². The predicted molar refractivity (Wildman–Crippen MR) is 102 cm³/mol. The quantitative estimate of drug-likeness (QED) is 0.673. The van der Waals surface area contributed by atoms with Crippen LogP contribution in [0.2, 0.25) is 0 Å². The average Bonchev–Trinajstić information content (AvgIpc) is 3.30. The molecule has 1 saturated heterocycles. The van der Waals surface area contributed by atoms with Crippen LogP contribution in [0.4, 0.5) is 11.4 Å². The number of sulfonamides is 1. The zero-order valence-electron chi connectivity index (χ0n) is 15.0. The minimum absolute atomic E-state index is 0.0261. The van der Waals surface area contributed by atoms with Crippen molar-refractivity contribution < 1.29 is 27.9 Å². The minimum atomic E-state index is -3.78. The van der Waals surface area contributed by atoms with Gasteiger partial charge in [0.05, 0.1) is 23.0 Å². The smallest absolute Gasteiger partial charge is 0.261 e. The first-order chi connectivity index (χ1) is 13.8. The summed E-state index contributed by atoms with van der Waals surface area (Å²) in [7, 11) is -3.78. The molecule has 0 aromatic heterocycles. The van der Waals surface area contributed by atoms with Crippen molar-refractivity contribution in [1.29, 1.82) is 0 Å². The lowest BCUT2D eigenvalue weighted by Crippen LogP contribution is -2.45. The number of hydrogen-bond acceptors (Lipinski definition) is 6. The van der Waals surface area contributed by atoms with Gasteiger partial charge < -0.3 is 20.0 Å². The summed E-state index contributed by atoms with van der Waals surface area (Å²) >= 11 is 0. The molecule has 0 unspecified atom stereocenters. The highest BCUT2D eigenvalue weighted by molar-refractivity contribution is 7.92. The standard InChI is InChI=1S/C20H18N2O6S/c23-19(17-15-10-11-16(28-15)18(17)20(24)25)21-12-6-8-14(9-7-12)29(26,27)22-13-4-2-1-3-5-13/h1-11,15-18,22H,(H,21,23)(H,24,25)/p-1/t15-,16+,17-,18+/m1/s1. The molecule has 2 aliphatic heterocycles. The molecule has 2 N–H and O–H groups in total. The first-order valence-electron chi connectivity index (χ1n) is 8.88. The first-order valence-corrected chi connectivity index (χ1v) is 10.4. The van der Waals surface area contributed by atoms with Crippen LogP contribution in [-0.4, -0.2) is 32.5 Å². The number of carbonyl (C=O) groups excluding carboxylic acids is 2. The Morgan fingerprint density at radius 3 is 2.10 bits per heavy atom. The van der Waals surface area contributed by atoms with Gasteiger partial charge in [0.2, 0.25) is 5.91 Å². The third-order valence-electron chi connectivity index (χ3n) is 4.93. The van der Waals surface area contributed by atoms with E-state index in [-0.39, 0.29) is 4.90 Å². The Morgan fingerprint density at radius 1 is 0.862 bits per heavy atom. The van der Waals surface area contributed by atoms with Crippen molar-refractivity contribution in [3.63, 3.8) is 0 Å². The molecule has 1 amide bonds. The number of aliphatic carboxylic acids is 1. The van der Waals surface area contributed by atoms with E-state index in [2.05, 4.69) is 10.0 Å². The van der Waals surface area contributed by atoms with Gasteiger partial charge in [-0.05, 0) is 36.4 Å². The van der Waals surface area contributed by atoms with E-state index >= 15 is 0 Å². The number of carboxylic acid groups (broad SMARTS) is 1. The molecule has 4 atom stereocenters. The van der Waals surface area contributed by atoms with Crippen LogP contribution in [-0.2, 0) is 24.3 Å². The van der Waals surface area contributed by atoms with Gasteiger partial charge in [0.1, 0.15) is 0 Å². The highest BCUT2D eigenvalue weighted by atomic mass is 32.2. The Kier molecular flexibility index (Phi) is 4.85. The summed E-state index contributed by atoms with van der Waals surface area (Å²) in [5.41, 5.74) is 0.778. The number of nitrogens with one attached hydrogen (secondary N) is 2. The number of fused-ring (bicyclic) bond motifs is 2. The molecule has 9 heteroatoms. The molecule has 2 bridgehead atoms. The van der Waals surface area contributed by atoms with Crippen LogP contribution in [0.5, 0.6) is 0 Å². The van der Waals surface area contributed by atoms with E-state index in [1.54, 1.807) is 42.5 Å². The van der Waals surface area contributed by atoms with Crippen LogP contribution in [0.25, 0.3) is 0 Å². The Bertz CT molecular complexity index is 1070. The lowest BCUT2D eigenvalue weighted by Gasteiger charge is -2.25. The van der Waals surface area contributed by atoms with Gasteiger partial charge in [0.15, 0.2) is 0 Å². The van der Waals surface area contributed by atoms with Gasteiger partial charge in [-0.25, -0.2) is 8.42 Å². The lowest BCUT2D eigenvalue weighted by molar-refractivity contribution is -0.313. The summed E-state index contributed by atoms with van der Waals surface area (Å²) in [5.74, 6) is -3.82. The Balaban J connectivity index is 1.46. The maximum Gasteiger partial charge on any atom is 0.261 e. The molecule has 2 aromatic rings. The van der Waals surface area contributed by atoms with Crippen LogP contribution < -0.4 is 15.1 Å². The molecule has 0 spiro atoms. The van der Waals surface area contributed by atoms with Crippen molar-refractivity contribution >= 4 is 33.3 Å². The number of amides is 1. The van der Waals surface area contributed by atoms with Gasteiger partial charge in [-0.1, -0.05) is 30.4 Å². The van der Waals surface area contributed by atoms with Gasteiger partial charge in [-0.3, -0.25) is 9.52 Å². The predicted octanol–water partition coefficient (Wildman–Crippen LogP) is 0.745. The van der Waals surface area contributed by atoms with Crippen molar-refractivity contribution in [2.75, 3.05) is 10.0 Å². The Labute approximate surface area is 167 Å². The van der Waals surface area contributed by atoms with Gasteiger partial charge in [-0.2, -0.15) is 0 Å². The summed E-state index contributed by atoms with van der Waals surface area (Å²) in [6.45, 7) is 0. The number of ether oxygens (including phenoxy) is 1. The molecule has 1 fully saturated rings. The van der Waals surface area contributed by atoms with Crippen molar-refractivity contribution in [2.45, 2.75) is 17.1 Å². The van der Waals surface area contributed by atoms with Crippen molar-refractivity contribution in [3.05, 3.63) is 66.7 Å². The van der Waals surface area contributed by atoms with Gasteiger partial charge in [0, 0.05) is 23.3 Å². The Hall–Kier alpha value is -3.17. The molecule has 4 rings (SSSR count). The normalized spacial score (nSPS) is 25.0.